The van der Waals surface area contributed by atoms with Gasteiger partial charge in [0.05, 0.1) is 11.5 Å². The average molecular weight is 249 g/mol. The van der Waals surface area contributed by atoms with Crippen LogP contribution in [0, 0.1) is 0 Å². The topological polar surface area (TPSA) is 83.5 Å². The number of rotatable bonds is 6. The summed E-state index contributed by atoms with van der Waals surface area (Å²) in [7, 11) is -2.87. The van der Waals surface area contributed by atoms with E-state index in [2.05, 4.69) is 5.32 Å². The van der Waals surface area contributed by atoms with Gasteiger partial charge in [-0.2, -0.15) is 0 Å². The Labute approximate surface area is 96.1 Å². The maximum atomic E-state index is 11.3. The summed E-state index contributed by atoms with van der Waals surface area (Å²) in [6.07, 6.45) is 2.22. The largest absolute Gasteiger partial charge is 0.481 e. The normalized spacial score (nSPS) is 28.1. The van der Waals surface area contributed by atoms with Crippen LogP contribution in [0.5, 0.6) is 0 Å². The van der Waals surface area contributed by atoms with Gasteiger partial charge in [0.2, 0.25) is 0 Å². The van der Waals surface area contributed by atoms with Crippen LogP contribution < -0.4 is 5.32 Å². The van der Waals surface area contributed by atoms with E-state index in [9.17, 15) is 13.2 Å². The molecule has 0 aromatic rings. The SMILES string of the molecule is CC1(NCCCCC(=O)O)CCS(=O)(=O)C1. The standard InChI is InChI=1S/C10H19NO4S/c1-10(5-7-16(14,15)8-10)11-6-3-2-4-9(12)13/h11H,2-8H2,1H3,(H,12,13). The second-order valence-corrected chi connectivity index (χ2v) is 6.86. The molecular weight excluding hydrogens is 230 g/mol. The molecule has 2 N–H and O–H groups in total. The van der Waals surface area contributed by atoms with Crippen molar-refractivity contribution in [3.8, 4) is 0 Å². The minimum Gasteiger partial charge on any atom is -0.481 e. The second kappa shape index (κ2) is 5.14. The first-order valence-electron chi connectivity index (χ1n) is 5.50. The molecule has 1 aliphatic heterocycles. The molecule has 0 aromatic carbocycles. The summed E-state index contributed by atoms with van der Waals surface area (Å²) in [5.74, 6) is -0.334. The highest BCUT2D eigenvalue weighted by Crippen LogP contribution is 2.22. The Balaban J connectivity index is 2.21. The predicted octanol–water partition coefficient (Wildman–Crippen LogP) is 0.408. The second-order valence-electron chi connectivity index (χ2n) is 4.68. The van der Waals surface area contributed by atoms with Crippen molar-refractivity contribution in [1.29, 1.82) is 0 Å². The monoisotopic (exact) mass is 249 g/mol. The van der Waals surface area contributed by atoms with Crippen molar-refractivity contribution in [3.05, 3.63) is 0 Å². The van der Waals surface area contributed by atoms with Crippen LogP contribution in [-0.4, -0.2) is 43.1 Å². The quantitative estimate of drug-likeness (QED) is 0.666. The maximum Gasteiger partial charge on any atom is 0.303 e. The lowest BCUT2D eigenvalue weighted by Crippen LogP contribution is -2.43. The predicted molar refractivity (Wildman–Crippen MR) is 61.2 cm³/mol. The lowest BCUT2D eigenvalue weighted by Gasteiger charge is -2.23. The fraction of sp³-hybridized carbons (Fsp3) is 0.900. The summed E-state index contributed by atoms with van der Waals surface area (Å²) in [6, 6.07) is 0. The van der Waals surface area contributed by atoms with Crippen LogP contribution >= 0.6 is 0 Å². The first kappa shape index (κ1) is 13.4. The third-order valence-electron chi connectivity index (χ3n) is 2.87. The molecule has 1 heterocycles. The van der Waals surface area contributed by atoms with E-state index in [1.165, 1.54) is 0 Å². The Bertz CT molecular complexity index is 352. The first-order valence-corrected chi connectivity index (χ1v) is 7.32. The van der Waals surface area contributed by atoms with E-state index in [1.807, 2.05) is 6.92 Å². The molecule has 0 amide bonds. The molecule has 1 rings (SSSR count). The van der Waals surface area contributed by atoms with Crippen molar-refractivity contribution in [2.75, 3.05) is 18.1 Å². The summed E-state index contributed by atoms with van der Waals surface area (Å²) in [4.78, 5) is 10.3. The van der Waals surface area contributed by atoms with Gasteiger partial charge in [-0.3, -0.25) is 4.79 Å². The molecular formula is C10H19NO4S. The van der Waals surface area contributed by atoms with E-state index in [0.29, 0.717) is 19.4 Å². The zero-order valence-corrected chi connectivity index (χ0v) is 10.3. The number of carboxylic acids is 1. The van der Waals surface area contributed by atoms with Crippen molar-refractivity contribution in [1.82, 2.24) is 5.32 Å². The van der Waals surface area contributed by atoms with Crippen LogP contribution in [0.15, 0.2) is 0 Å². The van der Waals surface area contributed by atoms with E-state index in [4.69, 9.17) is 5.11 Å². The molecule has 0 bridgehead atoms. The summed E-state index contributed by atoms with van der Waals surface area (Å²) in [5, 5.41) is 11.7. The minimum atomic E-state index is -2.87. The number of carboxylic acid groups (broad SMARTS) is 1. The first-order chi connectivity index (χ1) is 7.33. The third kappa shape index (κ3) is 4.49. The van der Waals surface area contributed by atoms with Gasteiger partial charge in [0.15, 0.2) is 9.84 Å². The Morgan fingerprint density at radius 3 is 2.62 bits per heavy atom. The number of hydrogen-bond acceptors (Lipinski definition) is 4. The highest BCUT2D eigenvalue weighted by Gasteiger charge is 2.37. The van der Waals surface area contributed by atoms with Gasteiger partial charge >= 0.3 is 5.97 Å². The van der Waals surface area contributed by atoms with E-state index >= 15 is 0 Å². The average Bonchev–Trinajstić information content (AvgIpc) is 2.40. The van der Waals surface area contributed by atoms with Gasteiger partial charge in [-0.1, -0.05) is 0 Å². The van der Waals surface area contributed by atoms with Gasteiger partial charge < -0.3 is 10.4 Å². The molecule has 0 saturated carbocycles. The number of aliphatic carboxylic acids is 1. The molecule has 94 valence electrons. The Morgan fingerprint density at radius 2 is 2.12 bits per heavy atom. The fourth-order valence-electron chi connectivity index (χ4n) is 1.94. The highest BCUT2D eigenvalue weighted by atomic mass is 32.2. The van der Waals surface area contributed by atoms with E-state index in [0.717, 1.165) is 6.42 Å². The molecule has 1 aliphatic rings. The smallest absolute Gasteiger partial charge is 0.303 e. The van der Waals surface area contributed by atoms with Crippen molar-refractivity contribution in [3.63, 3.8) is 0 Å². The van der Waals surface area contributed by atoms with Crippen molar-refractivity contribution >= 4 is 15.8 Å². The van der Waals surface area contributed by atoms with Crippen LogP contribution in [0.4, 0.5) is 0 Å². The van der Waals surface area contributed by atoms with Crippen LogP contribution in [-0.2, 0) is 14.6 Å². The molecule has 0 spiro atoms. The molecule has 5 nitrogen and oxygen atoms in total. The number of nitrogens with one attached hydrogen (secondary N) is 1. The lowest BCUT2D eigenvalue weighted by atomic mass is 10.0. The van der Waals surface area contributed by atoms with Gasteiger partial charge in [0.1, 0.15) is 0 Å². The van der Waals surface area contributed by atoms with E-state index < -0.39 is 15.8 Å². The summed E-state index contributed by atoms with van der Waals surface area (Å²) < 4.78 is 22.6. The molecule has 0 aliphatic carbocycles. The highest BCUT2D eigenvalue weighted by molar-refractivity contribution is 7.91. The summed E-state index contributed by atoms with van der Waals surface area (Å²) >= 11 is 0. The van der Waals surface area contributed by atoms with E-state index in [1.54, 1.807) is 0 Å². The molecule has 0 radical (unpaired) electrons. The number of unbranched alkanes of at least 4 members (excludes halogenated alkanes) is 1. The summed E-state index contributed by atoms with van der Waals surface area (Å²) in [5.41, 5.74) is -0.317. The lowest BCUT2D eigenvalue weighted by molar-refractivity contribution is -0.137. The van der Waals surface area contributed by atoms with Crippen molar-refractivity contribution in [2.45, 2.75) is 38.1 Å². The fourth-order valence-corrected chi connectivity index (χ4v) is 4.06. The maximum absolute atomic E-state index is 11.3. The van der Waals surface area contributed by atoms with Crippen LogP contribution in [0.1, 0.15) is 32.6 Å². The number of hydrogen-bond donors (Lipinski definition) is 2. The number of sulfone groups is 1. The molecule has 1 unspecified atom stereocenters. The molecule has 0 aromatic heterocycles. The van der Waals surface area contributed by atoms with Gasteiger partial charge in [0, 0.05) is 12.0 Å². The van der Waals surface area contributed by atoms with Crippen molar-refractivity contribution < 1.29 is 18.3 Å². The molecule has 6 heteroatoms. The van der Waals surface area contributed by atoms with Gasteiger partial charge in [-0.15, -0.1) is 0 Å². The van der Waals surface area contributed by atoms with Crippen LogP contribution in [0.3, 0.4) is 0 Å². The van der Waals surface area contributed by atoms with Gasteiger partial charge in [-0.25, -0.2) is 8.42 Å². The molecule has 16 heavy (non-hydrogen) atoms. The van der Waals surface area contributed by atoms with Crippen molar-refractivity contribution in [2.24, 2.45) is 0 Å². The Hall–Kier alpha value is -0.620. The molecule has 1 saturated heterocycles. The summed E-state index contributed by atoms with van der Waals surface area (Å²) in [6.45, 7) is 2.59. The molecule has 1 fully saturated rings. The zero-order valence-electron chi connectivity index (χ0n) is 9.53. The Morgan fingerprint density at radius 1 is 1.44 bits per heavy atom. The molecule has 1 atom stereocenters. The zero-order chi connectivity index (χ0) is 12.2. The van der Waals surface area contributed by atoms with Gasteiger partial charge in [0.25, 0.3) is 0 Å². The number of carbonyl (C=O) groups is 1. The van der Waals surface area contributed by atoms with E-state index in [-0.39, 0.29) is 23.5 Å². The third-order valence-corrected chi connectivity index (χ3v) is 4.78. The van der Waals surface area contributed by atoms with Crippen LogP contribution in [0.2, 0.25) is 0 Å². The van der Waals surface area contributed by atoms with Crippen LogP contribution in [0.25, 0.3) is 0 Å². The van der Waals surface area contributed by atoms with Gasteiger partial charge in [-0.05, 0) is 32.7 Å². The Kier molecular flexibility index (Phi) is 4.32. The minimum absolute atomic E-state index is 0.177.